The summed E-state index contributed by atoms with van der Waals surface area (Å²) >= 11 is 13.0. The smallest absolute Gasteiger partial charge is 0.174 e. The van der Waals surface area contributed by atoms with Gasteiger partial charge in [0.25, 0.3) is 0 Å². The first-order valence-corrected chi connectivity index (χ1v) is 15.3. The summed E-state index contributed by atoms with van der Waals surface area (Å²) in [4.78, 5) is 9.40. The molecule has 4 aromatic rings. The van der Waals surface area contributed by atoms with Gasteiger partial charge < -0.3 is 19.7 Å². The molecule has 2 aliphatic rings. The van der Waals surface area contributed by atoms with Crippen molar-refractivity contribution >= 4 is 40.3 Å². The number of pyridine rings is 1. The number of piperidine rings is 1. The molecule has 2 fully saturated rings. The van der Waals surface area contributed by atoms with Gasteiger partial charge >= 0.3 is 0 Å². The summed E-state index contributed by atoms with van der Waals surface area (Å²) in [6.07, 6.45) is 4.24. The number of aromatic nitrogens is 2. The van der Waals surface area contributed by atoms with Gasteiger partial charge in [-0.15, -0.1) is 0 Å². The molecule has 0 unspecified atom stereocenters. The Morgan fingerprint density at radius 1 is 0.902 bits per heavy atom. The number of anilines is 2. The molecule has 1 N–H and O–H groups in total. The highest BCUT2D eigenvalue weighted by Crippen LogP contribution is 2.45. The molecule has 2 atom stereocenters. The fraction of sp³-hybridized carbons (Fsp3) is 0.353. The van der Waals surface area contributed by atoms with Crippen LogP contribution >= 0.6 is 23.8 Å². The SMILES string of the molecule is Cc1cc(C)cc(-n2c(C)cc([C@H]3[C@@H](c4ccccn4)NC(=S)N3c3ccc(N4CCC(C)CC4)c(Cl)c3)c2C)c1. The van der Waals surface area contributed by atoms with Crippen molar-refractivity contribution in [2.45, 2.75) is 59.5 Å². The molecule has 7 heteroatoms. The standard InChI is InChI=1S/C34H38ClN5S/c1-21-11-14-38(15-12-21)31-10-9-26(20-29(31)35)40-33(32(37-34(40)41)30-8-6-7-13-36-30)28-19-24(4)39(25(28)5)27-17-22(2)16-23(3)18-27/h6-10,13,16-21,32-33H,11-12,14-15H2,1-5H3,(H,37,41)/t32-,33+/m1/s1. The van der Waals surface area contributed by atoms with E-state index in [4.69, 9.17) is 28.8 Å². The van der Waals surface area contributed by atoms with E-state index in [0.717, 1.165) is 41.1 Å². The van der Waals surface area contributed by atoms with E-state index in [0.29, 0.717) is 5.11 Å². The third-order valence-electron chi connectivity index (χ3n) is 8.69. The summed E-state index contributed by atoms with van der Waals surface area (Å²) in [6.45, 7) is 13.1. The fourth-order valence-corrected chi connectivity index (χ4v) is 7.30. The zero-order chi connectivity index (χ0) is 28.8. The molecule has 6 rings (SSSR count). The van der Waals surface area contributed by atoms with Crippen LogP contribution in [0.5, 0.6) is 0 Å². The third kappa shape index (κ3) is 5.24. The van der Waals surface area contributed by atoms with Gasteiger partial charge in [0.05, 0.1) is 28.5 Å². The molecular formula is C34H38ClN5S. The Bertz CT molecular complexity index is 1570. The largest absolute Gasteiger partial charge is 0.370 e. The van der Waals surface area contributed by atoms with E-state index in [1.54, 1.807) is 0 Å². The second-order valence-electron chi connectivity index (χ2n) is 11.8. The Balaban J connectivity index is 1.45. The normalized spacial score (nSPS) is 19.6. The van der Waals surface area contributed by atoms with Gasteiger partial charge in [-0.05, 0) is 124 Å². The van der Waals surface area contributed by atoms with E-state index in [2.05, 4.69) is 103 Å². The molecule has 212 valence electrons. The third-order valence-corrected chi connectivity index (χ3v) is 9.30. The van der Waals surface area contributed by atoms with Crippen LogP contribution in [0.15, 0.2) is 66.9 Å². The van der Waals surface area contributed by atoms with Gasteiger partial charge in [-0.1, -0.05) is 30.7 Å². The first-order chi connectivity index (χ1) is 19.7. The summed E-state index contributed by atoms with van der Waals surface area (Å²) in [5.41, 5.74) is 10.3. The Morgan fingerprint density at radius 2 is 1.63 bits per heavy atom. The van der Waals surface area contributed by atoms with Gasteiger partial charge in [0, 0.05) is 42.0 Å². The molecule has 41 heavy (non-hydrogen) atoms. The van der Waals surface area contributed by atoms with Gasteiger partial charge in [-0.25, -0.2) is 0 Å². The molecule has 0 amide bonds. The number of nitrogens with zero attached hydrogens (tertiary/aromatic N) is 4. The van der Waals surface area contributed by atoms with Gasteiger partial charge in [0.15, 0.2) is 5.11 Å². The van der Waals surface area contributed by atoms with Crippen molar-refractivity contribution in [1.29, 1.82) is 0 Å². The van der Waals surface area contributed by atoms with E-state index in [1.807, 2.05) is 18.3 Å². The van der Waals surface area contributed by atoms with E-state index in [9.17, 15) is 0 Å². The molecule has 0 saturated carbocycles. The fourth-order valence-electron chi connectivity index (χ4n) is 6.66. The summed E-state index contributed by atoms with van der Waals surface area (Å²) in [7, 11) is 0. The molecule has 0 radical (unpaired) electrons. The van der Waals surface area contributed by atoms with Crippen LogP contribution in [-0.4, -0.2) is 27.8 Å². The minimum Gasteiger partial charge on any atom is -0.370 e. The molecule has 2 aliphatic heterocycles. The maximum Gasteiger partial charge on any atom is 0.174 e. The zero-order valence-electron chi connectivity index (χ0n) is 24.5. The summed E-state index contributed by atoms with van der Waals surface area (Å²) in [5, 5.41) is 5.06. The number of rotatable bonds is 5. The zero-order valence-corrected chi connectivity index (χ0v) is 26.1. The Hall–Kier alpha value is -3.35. The lowest BCUT2D eigenvalue weighted by Gasteiger charge is -2.33. The molecule has 0 bridgehead atoms. The number of thiocarbonyl (C=S) groups is 1. The lowest BCUT2D eigenvalue weighted by molar-refractivity contribution is 0.438. The first-order valence-electron chi connectivity index (χ1n) is 14.5. The summed E-state index contributed by atoms with van der Waals surface area (Å²) in [5.74, 6) is 0.768. The predicted octanol–water partition coefficient (Wildman–Crippen LogP) is 8.17. The molecule has 2 aromatic heterocycles. The van der Waals surface area contributed by atoms with Crippen LogP contribution in [0.4, 0.5) is 11.4 Å². The molecule has 0 aliphatic carbocycles. The molecule has 4 heterocycles. The Morgan fingerprint density at radius 3 is 2.29 bits per heavy atom. The van der Waals surface area contributed by atoms with Crippen LogP contribution in [0, 0.1) is 33.6 Å². The van der Waals surface area contributed by atoms with Crippen LogP contribution in [0.2, 0.25) is 5.02 Å². The number of halogens is 1. The number of hydrogen-bond acceptors (Lipinski definition) is 3. The van der Waals surface area contributed by atoms with Crippen LogP contribution in [0.3, 0.4) is 0 Å². The summed E-state index contributed by atoms with van der Waals surface area (Å²) in [6, 6.07) is 21.3. The monoisotopic (exact) mass is 583 g/mol. The second kappa shape index (κ2) is 11.1. The Kier molecular flexibility index (Phi) is 7.56. The van der Waals surface area contributed by atoms with Gasteiger partial charge in [0.2, 0.25) is 0 Å². The number of aryl methyl sites for hydroxylation is 3. The molecular weight excluding hydrogens is 546 g/mol. The van der Waals surface area contributed by atoms with E-state index >= 15 is 0 Å². The number of benzene rings is 2. The summed E-state index contributed by atoms with van der Waals surface area (Å²) < 4.78 is 2.36. The van der Waals surface area contributed by atoms with Crippen molar-refractivity contribution < 1.29 is 0 Å². The van der Waals surface area contributed by atoms with Crippen molar-refractivity contribution in [1.82, 2.24) is 14.9 Å². The molecule has 2 aromatic carbocycles. The molecule has 0 spiro atoms. The van der Waals surface area contributed by atoms with Gasteiger partial charge in [-0.2, -0.15) is 0 Å². The number of nitrogens with one attached hydrogen (secondary N) is 1. The van der Waals surface area contributed by atoms with E-state index < -0.39 is 0 Å². The lowest BCUT2D eigenvalue weighted by atomic mass is 9.96. The van der Waals surface area contributed by atoms with Gasteiger partial charge in [-0.3, -0.25) is 4.98 Å². The first kappa shape index (κ1) is 27.8. The maximum atomic E-state index is 6.99. The van der Waals surface area contributed by atoms with Crippen molar-refractivity contribution in [2.24, 2.45) is 5.92 Å². The van der Waals surface area contributed by atoms with Crippen LogP contribution < -0.4 is 15.1 Å². The number of hydrogen-bond donors (Lipinski definition) is 1. The highest BCUT2D eigenvalue weighted by Gasteiger charge is 2.42. The van der Waals surface area contributed by atoms with Gasteiger partial charge in [0.1, 0.15) is 0 Å². The quantitative estimate of drug-likeness (QED) is 0.240. The molecule has 2 saturated heterocycles. The minimum atomic E-state index is -0.112. The lowest BCUT2D eigenvalue weighted by Crippen LogP contribution is -2.33. The van der Waals surface area contributed by atoms with E-state index in [1.165, 1.54) is 46.6 Å². The average molecular weight is 584 g/mol. The Labute approximate surface area is 254 Å². The second-order valence-corrected chi connectivity index (χ2v) is 12.6. The van der Waals surface area contributed by atoms with E-state index in [-0.39, 0.29) is 12.1 Å². The van der Waals surface area contributed by atoms with Crippen LogP contribution in [-0.2, 0) is 0 Å². The average Bonchev–Trinajstić information content (AvgIpc) is 3.44. The minimum absolute atomic E-state index is 0.0963. The van der Waals surface area contributed by atoms with Crippen molar-refractivity contribution in [3.05, 3.63) is 106 Å². The van der Waals surface area contributed by atoms with Crippen molar-refractivity contribution in [3.63, 3.8) is 0 Å². The van der Waals surface area contributed by atoms with Crippen molar-refractivity contribution in [2.75, 3.05) is 22.9 Å². The van der Waals surface area contributed by atoms with Crippen LogP contribution in [0.1, 0.15) is 65.6 Å². The highest BCUT2D eigenvalue weighted by molar-refractivity contribution is 7.80. The molecule has 5 nitrogen and oxygen atoms in total. The highest BCUT2D eigenvalue weighted by atomic mass is 35.5. The topological polar surface area (TPSA) is 36.3 Å². The maximum absolute atomic E-state index is 6.99. The van der Waals surface area contributed by atoms with Crippen LogP contribution in [0.25, 0.3) is 5.69 Å². The predicted molar refractivity (Wildman–Crippen MR) is 175 cm³/mol. The van der Waals surface area contributed by atoms with Crippen molar-refractivity contribution in [3.8, 4) is 5.69 Å².